The van der Waals surface area contributed by atoms with Crippen LogP contribution in [0.15, 0.2) is 54.9 Å². The van der Waals surface area contributed by atoms with E-state index < -0.39 is 0 Å². The highest BCUT2D eigenvalue weighted by atomic mass is 16.5. The molecule has 1 atom stereocenters. The minimum absolute atomic E-state index is 0.0728. The highest BCUT2D eigenvalue weighted by Gasteiger charge is 2.54. The van der Waals surface area contributed by atoms with Crippen LogP contribution in [0.2, 0.25) is 0 Å². The zero-order valence-electron chi connectivity index (χ0n) is 13.4. The maximum atomic E-state index is 12.5. The first kappa shape index (κ1) is 15.1. The third-order valence-corrected chi connectivity index (χ3v) is 4.91. The number of nitrogens with zero attached hydrogens (tertiary/aromatic N) is 2. The number of hydrogen-bond donors (Lipinski definition) is 0. The number of carbonyl (C=O) groups excluding carboxylic acids is 1. The first-order chi connectivity index (χ1) is 11.8. The number of aromatic nitrogens is 1. The summed E-state index contributed by atoms with van der Waals surface area (Å²) in [5, 5.41) is 0. The van der Waals surface area contributed by atoms with Crippen LogP contribution in [0.1, 0.15) is 16.8 Å². The minimum atomic E-state index is -0.243. The van der Waals surface area contributed by atoms with Crippen molar-refractivity contribution in [3.63, 3.8) is 0 Å². The molecule has 0 N–H and O–H groups in total. The molecule has 124 valence electrons. The van der Waals surface area contributed by atoms with Crippen molar-refractivity contribution < 1.29 is 14.3 Å². The second-order valence-corrected chi connectivity index (χ2v) is 6.43. The van der Waals surface area contributed by atoms with Crippen LogP contribution in [0, 0.1) is 5.92 Å². The number of amides is 1. The third-order valence-electron chi connectivity index (χ3n) is 4.91. The third kappa shape index (κ3) is 2.76. The van der Waals surface area contributed by atoms with E-state index in [1.54, 1.807) is 12.4 Å². The van der Waals surface area contributed by atoms with Crippen LogP contribution in [-0.2, 0) is 4.74 Å². The topological polar surface area (TPSA) is 51.7 Å². The van der Waals surface area contributed by atoms with E-state index in [0.717, 1.165) is 24.3 Å². The van der Waals surface area contributed by atoms with Crippen molar-refractivity contribution in [3.05, 3.63) is 60.4 Å². The molecule has 0 aliphatic carbocycles. The van der Waals surface area contributed by atoms with Crippen LogP contribution in [0.25, 0.3) is 0 Å². The molecular weight excluding hydrogens is 304 g/mol. The SMILES string of the molecule is O=C(c1ccccc1)N1CC2(C1)OCC[C@H]2COc1cccnc1. The molecule has 1 spiro atoms. The Hall–Kier alpha value is -2.40. The molecule has 2 aliphatic heterocycles. The lowest BCUT2D eigenvalue weighted by atomic mass is 9.81. The predicted octanol–water partition coefficient (Wildman–Crippen LogP) is 2.39. The molecule has 5 nitrogen and oxygen atoms in total. The fraction of sp³-hybridized carbons (Fsp3) is 0.368. The fourth-order valence-electron chi connectivity index (χ4n) is 3.51. The van der Waals surface area contributed by atoms with Gasteiger partial charge in [-0.05, 0) is 30.7 Å². The van der Waals surface area contributed by atoms with E-state index >= 15 is 0 Å². The second kappa shape index (κ2) is 6.24. The van der Waals surface area contributed by atoms with Crippen molar-refractivity contribution >= 4 is 5.91 Å². The smallest absolute Gasteiger partial charge is 0.254 e. The number of rotatable bonds is 4. The average Bonchev–Trinajstić information content (AvgIpc) is 3.04. The van der Waals surface area contributed by atoms with Crippen LogP contribution in [0.5, 0.6) is 5.75 Å². The summed E-state index contributed by atoms with van der Waals surface area (Å²) in [7, 11) is 0. The van der Waals surface area contributed by atoms with Gasteiger partial charge >= 0.3 is 0 Å². The van der Waals surface area contributed by atoms with Gasteiger partial charge in [0, 0.05) is 24.3 Å². The lowest BCUT2D eigenvalue weighted by molar-refractivity contribution is -0.122. The number of benzene rings is 1. The van der Waals surface area contributed by atoms with Crippen molar-refractivity contribution in [3.8, 4) is 5.75 Å². The second-order valence-electron chi connectivity index (χ2n) is 6.43. The summed E-state index contributed by atoms with van der Waals surface area (Å²) in [6.07, 6.45) is 4.41. The Bertz CT molecular complexity index is 699. The molecule has 0 saturated carbocycles. The normalized spacial score (nSPS) is 21.5. The molecule has 2 saturated heterocycles. The van der Waals surface area contributed by atoms with Gasteiger partial charge in [0.05, 0.1) is 25.9 Å². The predicted molar refractivity (Wildman–Crippen MR) is 88.9 cm³/mol. The largest absolute Gasteiger partial charge is 0.492 e. The lowest BCUT2D eigenvalue weighted by Crippen LogP contribution is -2.66. The van der Waals surface area contributed by atoms with Crippen molar-refractivity contribution in [1.82, 2.24) is 9.88 Å². The van der Waals surface area contributed by atoms with E-state index in [0.29, 0.717) is 25.6 Å². The quantitative estimate of drug-likeness (QED) is 0.866. The molecule has 1 aromatic heterocycles. The molecule has 0 unspecified atom stereocenters. The van der Waals surface area contributed by atoms with Crippen LogP contribution in [-0.4, -0.2) is 47.7 Å². The number of carbonyl (C=O) groups is 1. The molecule has 2 fully saturated rings. The first-order valence-electron chi connectivity index (χ1n) is 8.28. The summed E-state index contributed by atoms with van der Waals surface area (Å²) in [5.41, 5.74) is 0.487. The van der Waals surface area contributed by atoms with Gasteiger partial charge in [-0.2, -0.15) is 0 Å². The van der Waals surface area contributed by atoms with Gasteiger partial charge in [0.15, 0.2) is 0 Å². The van der Waals surface area contributed by atoms with E-state index in [4.69, 9.17) is 9.47 Å². The Morgan fingerprint density at radius 3 is 2.83 bits per heavy atom. The summed E-state index contributed by atoms with van der Waals surface area (Å²) < 4.78 is 11.9. The standard InChI is InChI=1S/C19H20N2O3/c22-18(15-5-2-1-3-6-15)21-13-19(14-21)16(8-10-24-19)12-23-17-7-4-9-20-11-17/h1-7,9,11,16H,8,10,12-14H2/t16-/m0/s1. The van der Waals surface area contributed by atoms with Crippen LogP contribution in [0.3, 0.4) is 0 Å². The molecule has 3 heterocycles. The van der Waals surface area contributed by atoms with E-state index in [-0.39, 0.29) is 11.5 Å². The van der Waals surface area contributed by atoms with Crippen molar-refractivity contribution in [2.24, 2.45) is 5.92 Å². The van der Waals surface area contributed by atoms with Gasteiger partial charge in [0.25, 0.3) is 5.91 Å². The Labute approximate surface area is 141 Å². The fourth-order valence-corrected chi connectivity index (χ4v) is 3.51. The van der Waals surface area contributed by atoms with E-state index in [9.17, 15) is 4.79 Å². The minimum Gasteiger partial charge on any atom is -0.492 e. The van der Waals surface area contributed by atoms with Gasteiger partial charge < -0.3 is 14.4 Å². The molecule has 4 rings (SSSR count). The molecule has 2 aromatic rings. The Morgan fingerprint density at radius 2 is 2.08 bits per heavy atom. The number of pyridine rings is 1. The molecular formula is C19H20N2O3. The molecule has 5 heteroatoms. The van der Waals surface area contributed by atoms with Crippen LogP contribution < -0.4 is 4.74 Å². The highest BCUT2D eigenvalue weighted by Crippen LogP contribution is 2.40. The Balaban J connectivity index is 1.37. The molecule has 1 aromatic carbocycles. The molecule has 2 aliphatic rings. The van der Waals surface area contributed by atoms with E-state index in [2.05, 4.69) is 4.98 Å². The van der Waals surface area contributed by atoms with Gasteiger partial charge in [-0.15, -0.1) is 0 Å². The van der Waals surface area contributed by atoms with Gasteiger partial charge in [-0.25, -0.2) is 0 Å². The van der Waals surface area contributed by atoms with Gasteiger partial charge in [-0.1, -0.05) is 18.2 Å². The number of hydrogen-bond acceptors (Lipinski definition) is 4. The number of ether oxygens (including phenoxy) is 2. The Kier molecular flexibility index (Phi) is 3.94. The van der Waals surface area contributed by atoms with Crippen molar-refractivity contribution in [2.75, 3.05) is 26.3 Å². The monoisotopic (exact) mass is 324 g/mol. The molecule has 0 radical (unpaired) electrons. The summed E-state index contributed by atoms with van der Waals surface area (Å²) >= 11 is 0. The zero-order chi connectivity index (χ0) is 16.4. The summed E-state index contributed by atoms with van der Waals surface area (Å²) in [6.45, 7) is 2.61. The van der Waals surface area contributed by atoms with Crippen LogP contribution in [0.4, 0.5) is 0 Å². The summed E-state index contributed by atoms with van der Waals surface area (Å²) in [6, 6.07) is 13.2. The maximum Gasteiger partial charge on any atom is 0.254 e. The maximum absolute atomic E-state index is 12.5. The average molecular weight is 324 g/mol. The van der Waals surface area contributed by atoms with Gasteiger partial charge in [-0.3, -0.25) is 9.78 Å². The van der Waals surface area contributed by atoms with Crippen molar-refractivity contribution in [2.45, 2.75) is 12.0 Å². The van der Waals surface area contributed by atoms with E-state index in [1.165, 1.54) is 0 Å². The van der Waals surface area contributed by atoms with Gasteiger partial charge in [0.2, 0.25) is 0 Å². The van der Waals surface area contributed by atoms with Crippen LogP contribution >= 0.6 is 0 Å². The molecule has 24 heavy (non-hydrogen) atoms. The number of likely N-dealkylation sites (tertiary alicyclic amines) is 1. The van der Waals surface area contributed by atoms with E-state index in [1.807, 2.05) is 47.4 Å². The van der Waals surface area contributed by atoms with Crippen molar-refractivity contribution in [1.29, 1.82) is 0 Å². The first-order valence-corrected chi connectivity index (χ1v) is 8.28. The summed E-state index contributed by atoms with van der Waals surface area (Å²) in [5.74, 6) is 1.15. The molecule has 0 bridgehead atoms. The molecule has 1 amide bonds. The summed E-state index contributed by atoms with van der Waals surface area (Å²) in [4.78, 5) is 18.4. The zero-order valence-corrected chi connectivity index (χ0v) is 13.4. The Morgan fingerprint density at radius 1 is 1.25 bits per heavy atom. The highest BCUT2D eigenvalue weighted by molar-refractivity contribution is 5.94. The lowest BCUT2D eigenvalue weighted by Gasteiger charge is -2.50. The van der Waals surface area contributed by atoms with Gasteiger partial charge in [0.1, 0.15) is 11.4 Å².